The second-order valence-electron chi connectivity index (χ2n) is 7.67. The highest BCUT2D eigenvalue weighted by atomic mass is 35.5. The molecule has 1 amide bonds. The number of fused-ring (bicyclic) bond motifs is 1. The third-order valence-electron chi connectivity index (χ3n) is 5.44. The number of nitrogens with zero attached hydrogens (tertiary/aromatic N) is 2. The minimum atomic E-state index is -0.0367. The van der Waals surface area contributed by atoms with Gasteiger partial charge < -0.3 is 14.6 Å². The molecular weight excluding hydrogens is 433 g/mol. The van der Waals surface area contributed by atoms with Gasteiger partial charge in [0.1, 0.15) is 24.7 Å². The molecule has 1 aromatic heterocycles. The van der Waals surface area contributed by atoms with Crippen LogP contribution in [-0.4, -0.2) is 22.0 Å². The molecule has 1 aliphatic rings. The van der Waals surface area contributed by atoms with E-state index in [1.807, 2.05) is 28.8 Å². The second-order valence-corrected chi connectivity index (χ2v) is 8.52. The molecule has 0 spiro atoms. The van der Waals surface area contributed by atoms with E-state index in [0.29, 0.717) is 28.2 Å². The van der Waals surface area contributed by atoms with Crippen molar-refractivity contribution in [2.24, 2.45) is 0 Å². The highest BCUT2D eigenvalue weighted by Gasteiger charge is 2.15. The lowest BCUT2D eigenvalue weighted by molar-refractivity contribution is -0.121. The molecule has 0 unspecified atom stereocenters. The number of hydrogen-bond donors (Lipinski definition) is 1. The topological polar surface area (TPSA) is 56.2 Å². The van der Waals surface area contributed by atoms with Crippen molar-refractivity contribution < 1.29 is 9.53 Å². The monoisotopic (exact) mass is 457 g/mol. The van der Waals surface area contributed by atoms with E-state index in [0.717, 1.165) is 30.3 Å². The van der Waals surface area contributed by atoms with Crippen molar-refractivity contribution in [2.45, 2.75) is 45.3 Å². The van der Waals surface area contributed by atoms with Gasteiger partial charge in [0, 0.05) is 11.6 Å². The first-order valence-electron chi connectivity index (χ1n) is 10.6. The summed E-state index contributed by atoms with van der Waals surface area (Å²) in [6.07, 6.45) is 8.07. The number of nitrogens with one attached hydrogen (secondary N) is 1. The minimum Gasteiger partial charge on any atom is -0.484 e. The Morgan fingerprint density at radius 2 is 2.03 bits per heavy atom. The molecule has 1 N–H and O–H groups in total. The van der Waals surface area contributed by atoms with Gasteiger partial charge in [0.15, 0.2) is 0 Å². The average molecular weight is 458 g/mol. The fourth-order valence-corrected chi connectivity index (χ4v) is 4.30. The summed E-state index contributed by atoms with van der Waals surface area (Å²) in [4.78, 5) is 17.3. The third kappa shape index (κ3) is 5.60. The van der Waals surface area contributed by atoms with Gasteiger partial charge in [0.25, 0.3) is 0 Å². The number of aromatic nitrogens is 2. The Balaban J connectivity index is 1.44. The Hall–Kier alpha value is -2.50. The number of imidazole rings is 1. The Bertz CT molecular complexity index is 1110. The standard InChI is InChI=1S/C24H25Cl2N3O2/c25-18-10-11-22(19(26)14-18)31-16-23-28-20-8-4-5-9-21(20)29(23)15-24(30)27-13-12-17-6-2-1-3-7-17/h4-6,8-11,14H,1-3,7,12-13,15-16H2,(H,27,30). The molecule has 4 rings (SSSR count). The van der Waals surface area contributed by atoms with E-state index in [1.54, 1.807) is 18.2 Å². The predicted octanol–water partition coefficient (Wildman–Crippen LogP) is 5.93. The molecule has 31 heavy (non-hydrogen) atoms. The van der Waals surface area contributed by atoms with E-state index >= 15 is 0 Å². The summed E-state index contributed by atoms with van der Waals surface area (Å²) in [5, 5.41) is 4.03. The van der Waals surface area contributed by atoms with Crippen LogP contribution in [0.3, 0.4) is 0 Å². The van der Waals surface area contributed by atoms with Crippen LogP contribution in [0.5, 0.6) is 5.75 Å². The SMILES string of the molecule is O=C(Cn1c(COc2ccc(Cl)cc2Cl)nc2ccccc21)NCCC1=CCCCC1. The van der Waals surface area contributed by atoms with Gasteiger partial charge in [0.2, 0.25) is 5.91 Å². The quantitative estimate of drug-likeness (QED) is 0.426. The summed E-state index contributed by atoms with van der Waals surface area (Å²) in [6, 6.07) is 12.8. The van der Waals surface area contributed by atoms with Crippen molar-refractivity contribution in [3.8, 4) is 5.75 Å². The smallest absolute Gasteiger partial charge is 0.240 e. The van der Waals surface area contributed by atoms with E-state index in [2.05, 4.69) is 16.4 Å². The van der Waals surface area contributed by atoms with Crippen molar-refractivity contribution >= 4 is 40.1 Å². The van der Waals surface area contributed by atoms with Crippen molar-refractivity contribution in [1.29, 1.82) is 0 Å². The molecule has 2 aromatic carbocycles. The number of halogens is 2. The largest absolute Gasteiger partial charge is 0.484 e. The van der Waals surface area contributed by atoms with Crippen LogP contribution in [-0.2, 0) is 17.9 Å². The van der Waals surface area contributed by atoms with Crippen LogP contribution in [0.1, 0.15) is 37.9 Å². The molecule has 0 atom stereocenters. The van der Waals surface area contributed by atoms with Gasteiger partial charge in [-0.15, -0.1) is 0 Å². The first-order valence-corrected chi connectivity index (χ1v) is 11.3. The molecule has 1 aliphatic carbocycles. The summed E-state index contributed by atoms with van der Waals surface area (Å²) in [6.45, 7) is 1.03. The molecule has 0 fully saturated rings. The van der Waals surface area contributed by atoms with Gasteiger partial charge in [-0.05, 0) is 62.4 Å². The van der Waals surface area contributed by atoms with Gasteiger partial charge in [-0.3, -0.25) is 4.79 Å². The van der Waals surface area contributed by atoms with Crippen molar-refractivity contribution in [3.05, 3.63) is 70.0 Å². The maximum absolute atomic E-state index is 12.7. The number of hydrogen-bond acceptors (Lipinski definition) is 3. The number of rotatable bonds is 8. The van der Waals surface area contributed by atoms with Crippen molar-refractivity contribution in [1.82, 2.24) is 14.9 Å². The van der Waals surface area contributed by atoms with Crippen LogP contribution in [0.2, 0.25) is 10.0 Å². The average Bonchev–Trinajstić information content (AvgIpc) is 3.11. The molecule has 7 heteroatoms. The lowest BCUT2D eigenvalue weighted by Gasteiger charge is -2.14. The summed E-state index contributed by atoms with van der Waals surface area (Å²) >= 11 is 12.2. The second kappa shape index (κ2) is 10.2. The Labute approximate surface area is 192 Å². The molecule has 1 heterocycles. The van der Waals surface area contributed by atoms with Crippen molar-refractivity contribution in [2.75, 3.05) is 6.54 Å². The van der Waals surface area contributed by atoms with Gasteiger partial charge in [0.05, 0.1) is 16.1 Å². The van der Waals surface area contributed by atoms with Gasteiger partial charge in [-0.25, -0.2) is 4.98 Å². The first-order chi connectivity index (χ1) is 15.1. The highest BCUT2D eigenvalue weighted by molar-refractivity contribution is 6.35. The number of carbonyl (C=O) groups excluding carboxylic acids is 1. The Morgan fingerprint density at radius 3 is 2.84 bits per heavy atom. The first kappa shape index (κ1) is 21.7. The zero-order valence-electron chi connectivity index (χ0n) is 17.2. The van der Waals surface area contributed by atoms with Crippen molar-refractivity contribution in [3.63, 3.8) is 0 Å². The lowest BCUT2D eigenvalue weighted by Crippen LogP contribution is -2.29. The number of benzene rings is 2. The number of para-hydroxylation sites is 2. The Kier molecular flexibility index (Phi) is 7.15. The predicted molar refractivity (Wildman–Crippen MR) is 125 cm³/mol. The summed E-state index contributed by atoms with van der Waals surface area (Å²) in [7, 11) is 0. The third-order valence-corrected chi connectivity index (χ3v) is 5.97. The molecule has 0 saturated carbocycles. The molecule has 0 bridgehead atoms. The molecule has 0 radical (unpaired) electrons. The number of ether oxygens (including phenoxy) is 1. The van der Waals surface area contributed by atoms with Crippen LogP contribution in [0.4, 0.5) is 0 Å². The lowest BCUT2D eigenvalue weighted by atomic mass is 9.97. The van der Waals surface area contributed by atoms with Gasteiger partial charge in [-0.1, -0.05) is 47.0 Å². The van der Waals surface area contributed by atoms with Crippen LogP contribution in [0.15, 0.2) is 54.1 Å². The van der Waals surface area contributed by atoms with Crippen LogP contribution in [0, 0.1) is 0 Å². The maximum atomic E-state index is 12.7. The van der Waals surface area contributed by atoms with Crippen LogP contribution in [0.25, 0.3) is 11.0 Å². The number of allylic oxidation sites excluding steroid dienone is 1. The van der Waals surface area contributed by atoms with Crippen LogP contribution >= 0.6 is 23.2 Å². The van der Waals surface area contributed by atoms with Crippen LogP contribution < -0.4 is 10.1 Å². The Morgan fingerprint density at radius 1 is 1.16 bits per heavy atom. The summed E-state index contributed by atoms with van der Waals surface area (Å²) in [5.41, 5.74) is 3.17. The zero-order chi connectivity index (χ0) is 21.6. The summed E-state index contributed by atoms with van der Waals surface area (Å²) < 4.78 is 7.77. The zero-order valence-corrected chi connectivity index (χ0v) is 18.8. The van der Waals surface area contributed by atoms with Gasteiger partial charge in [-0.2, -0.15) is 0 Å². The molecule has 0 aliphatic heterocycles. The molecule has 3 aromatic rings. The number of carbonyl (C=O) groups is 1. The fourth-order valence-electron chi connectivity index (χ4n) is 3.84. The van der Waals surface area contributed by atoms with E-state index in [-0.39, 0.29) is 19.1 Å². The van der Waals surface area contributed by atoms with E-state index in [1.165, 1.54) is 18.4 Å². The summed E-state index contributed by atoms with van der Waals surface area (Å²) in [5.74, 6) is 1.15. The molecule has 5 nitrogen and oxygen atoms in total. The van der Waals surface area contributed by atoms with E-state index in [4.69, 9.17) is 27.9 Å². The van der Waals surface area contributed by atoms with E-state index < -0.39 is 0 Å². The fraction of sp³-hybridized carbons (Fsp3) is 0.333. The minimum absolute atomic E-state index is 0.0367. The molecule has 162 valence electrons. The highest BCUT2D eigenvalue weighted by Crippen LogP contribution is 2.28. The van der Waals surface area contributed by atoms with E-state index in [9.17, 15) is 4.79 Å². The van der Waals surface area contributed by atoms with Gasteiger partial charge >= 0.3 is 0 Å². The normalized spacial score (nSPS) is 13.8. The molecular formula is C24H25Cl2N3O2. The molecule has 0 saturated heterocycles. The number of amides is 1. The maximum Gasteiger partial charge on any atom is 0.240 e.